The van der Waals surface area contributed by atoms with Crippen LogP contribution in [-0.4, -0.2) is 29.8 Å². The molecule has 1 heterocycles. The summed E-state index contributed by atoms with van der Waals surface area (Å²) in [6, 6.07) is 9.65. The summed E-state index contributed by atoms with van der Waals surface area (Å²) in [4.78, 5) is 25.1. The van der Waals surface area contributed by atoms with Crippen LogP contribution in [0.5, 0.6) is 0 Å². The lowest BCUT2D eigenvalue weighted by Gasteiger charge is -2.32. The van der Waals surface area contributed by atoms with E-state index in [-0.39, 0.29) is 5.91 Å². The van der Waals surface area contributed by atoms with Crippen LogP contribution in [0.4, 0.5) is 23.2 Å². The van der Waals surface area contributed by atoms with Crippen LogP contribution in [0.15, 0.2) is 42.5 Å². The van der Waals surface area contributed by atoms with Crippen molar-refractivity contribution in [2.24, 2.45) is 5.92 Å². The van der Waals surface area contributed by atoms with E-state index in [0.29, 0.717) is 43.6 Å². The summed E-state index contributed by atoms with van der Waals surface area (Å²) in [5, 5.41) is 2.70. The van der Waals surface area contributed by atoms with Crippen LogP contribution in [0, 0.1) is 11.7 Å². The van der Waals surface area contributed by atoms with Crippen LogP contribution in [-0.2, 0) is 17.4 Å². The molecule has 0 saturated carbocycles. The fraction of sp³-hybridized carbons (Fsp3) is 0.364. The number of alkyl halides is 3. The van der Waals surface area contributed by atoms with Crippen LogP contribution in [0.3, 0.4) is 0 Å². The van der Waals surface area contributed by atoms with Gasteiger partial charge in [-0.25, -0.2) is 4.39 Å². The molecule has 0 spiro atoms. The second kappa shape index (κ2) is 8.85. The molecule has 1 saturated heterocycles. The summed E-state index contributed by atoms with van der Waals surface area (Å²) < 4.78 is 52.9. The van der Waals surface area contributed by atoms with Crippen LogP contribution < -0.4 is 5.32 Å². The Balaban J connectivity index is 1.61. The molecule has 1 aliphatic rings. The van der Waals surface area contributed by atoms with Crippen molar-refractivity contribution in [2.45, 2.75) is 32.4 Å². The van der Waals surface area contributed by atoms with Crippen molar-refractivity contribution in [3.8, 4) is 0 Å². The molecule has 0 bridgehead atoms. The lowest BCUT2D eigenvalue weighted by Crippen LogP contribution is -2.39. The van der Waals surface area contributed by atoms with E-state index < -0.39 is 29.0 Å². The maximum Gasteiger partial charge on any atom is 0.417 e. The largest absolute Gasteiger partial charge is 0.417 e. The summed E-state index contributed by atoms with van der Waals surface area (Å²) in [6.07, 6.45) is -2.68. The van der Waals surface area contributed by atoms with E-state index in [0.717, 1.165) is 24.1 Å². The minimum Gasteiger partial charge on any atom is -0.339 e. The first-order chi connectivity index (χ1) is 14.1. The fourth-order valence-corrected chi connectivity index (χ4v) is 3.71. The van der Waals surface area contributed by atoms with E-state index in [4.69, 9.17) is 0 Å². The SMILES string of the molecule is CC(=O)Nc1ccc(CC2CCN(C(=O)c3ccc(F)cc3C(F)(F)F)CC2)cc1. The van der Waals surface area contributed by atoms with Gasteiger partial charge in [0.05, 0.1) is 11.1 Å². The molecule has 0 atom stereocenters. The highest BCUT2D eigenvalue weighted by atomic mass is 19.4. The molecule has 0 unspecified atom stereocenters. The number of benzene rings is 2. The van der Waals surface area contributed by atoms with E-state index >= 15 is 0 Å². The predicted molar refractivity (Wildman–Crippen MR) is 104 cm³/mol. The van der Waals surface area contributed by atoms with E-state index in [9.17, 15) is 27.2 Å². The number of nitrogens with zero attached hydrogens (tertiary/aromatic N) is 1. The average molecular weight is 422 g/mol. The second-order valence-corrected chi connectivity index (χ2v) is 7.51. The number of amides is 2. The minimum atomic E-state index is -4.80. The number of piperidine rings is 1. The quantitative estimate of drug-likeness (QED) is 0.713. The zero-order valence-electron chi connectivity index (χ0n) is 16.4. The highest BCUT2D eigenvalue weighted by Gasteiger charge is 2.37. The van der Waals surface area contributed by atoms with E-state index in [1.165, 1.54) is 11.8 Å². The molecule has 0 radical (unpaired) electrons. The Morgan fingerprint density at radius 3 is 2.27 bits per heavy atom. The zero-order chi connectivity index (χ0) is 21.9. The fourth-order valence-electron chi connectivity index (χ4n) is 3.71. The van der Waals surface area contributed by atoms with Crippen LogP contribution >= 0.6 is 0 Å². The molecule has 0 aliphatic carbocycles. The molecule has 160 valence electrons. The third-order valence-corrected chi connectivity index (χ3v) is 5.22. The lowest BCUT2D eigenvalue weighted by molar-refractivity contribution is -0.138. The molecule has 0 aromatic heterocycles. The number of hydrogen-bond acceptors (Lipinski definition) is 2. The number of anilines is 1. The number of hydrogen-bond donors (Lipinski definition) is 1. The zero-order valence-corrected chi connectivity index (χ0v) is 16.4. The topological polar surface area (TPSA) is 49.4 Å². The van der Waals surface area contributed by atoms with Crippen molar-refractivity contribution in [1.29, 1.82) is 0 Å². The molecular formula is C22H22F4N2O2. The lowest BCUT2D eigenvalue weighted by atomic mass is 9.89. The van der Waals surface area contributed by atoms with Gasteiger partial charge in [0.2, 0.25) is 5.91 Å². The van der Waals surface area contributed by atoms with Gasteiger partial charge < -0.3 is 10.2 Å². The van der Waals surface area contributed by atoms with Gasteiger partial charge in [0.1, 0.15) is 5.82 Å². The van der Waals surface area contributed by atoms with Gasteiger partial charge in [-0.3, -0.25) is 9.59 Å². The van der Waals surface area contributed by atoms with Crippen molar-refractivity contribution in [1.82, 2.24) is 4.90 Å². The Bertz CT molecular complexity index is 918. The Morgan fingerprint density at radius 1 is 1.07 bits per heavy atom. The molecule has 4 nitrogen and oxygen atoms in total. The van der Waals surface area contributed by atoms with Crippen molar-refractivity contribution < 1.29 is 27.2 Å². The van der Waals surface area contributed by atoms with Gasteiger partial charge in [-0.05, 0) is 61.1 Å². The number of carbonyl (C=O) groups excluding carboxylic acids is 2. The highest BCUT2D eigenvalue weighted by Crippen LogP contribution is 2.34. The smallest absolute Gasteiger partial charge is 0.339 e. The average Bonchev–Trinajstić information content (AvgIpc) is 2.68. The molecule has 2 amide bonds. The molecular weight excluding hydrogens is 400 g/mol. The molecule has 30 heavy (non-hydrogen) atoms. The third-order valence-electron chi connectivity index (χ3n) is 5.22. The maximum atomic E-state index is 13.3. The van der Waals surface area contributed by atoms with Crippen molar-refractivity contribution in [3.63, 3.8) is 0 Å². The Morgan fingerprint density at radius 2 is 1.70 bits per heavy atom. The van der Waals surface area contributed by atoms with Gasteiger partial charge in [-0.15, -0.1) is 0 Å². The van der Waals surface area contributed by atoms with Gasteiger partial charge in [0.15, 0.2) is 0 Å². The first-order valence-corrected chi connectivity index (χ1v) is 9.66. The summed E-state index contributed by atoms with van der Waals surface area (Å²) in [7, 11) is 0. The van der Waals surface area contributed by atoms with Gasteiger partial charge in [-0.2, -0.15) is 13.2 Å². The van der Waals surface area contributed by atoms with Gasteiger partial charge in [0.25, 0.3) is 5.91 Å². The molecule has 1 N–H and O–H groups in total. The van der Waals surface area contributed by atoms with Crippen molar-refractivity contribution in [3.05, 3.63) is 65.0 Å². The Hall–Kier alpha value is -2.90. The Kier molecular flexibility index (Phi) is 6.43. The van der Waals surface area contributed by atoms with E-state index in [1.54, 1.807) is 0 Å². The summed E-state index contributed by atoms with van der Waals surface area (Å²) in [5.74, 6) is -1.59. The standard InChI is InChI=1S/C22H22F4N2O2/c1-14(29)27-18-5-2-15(3-6-18)12-16-8-10-28(11-9-16)21(30)19-7-4-17(23)13-20(19)22(24,25)26/h2-7,13,16H,8-12H2,1H3,(H,27,29). The molecule has 2 aromatic carbocycles. The normalized spacial score (nSPS) is 15.2. The molecule has 8 heteroatoms. The molecule has 1 fully saturated rings. The first-order valence-electron chi connectivity index (χ1n) is 9.66. The van der Waals surface area contributed by atoms with Crippen molar-refractivity contribution >= 4 is 17.5 Å². The van der Waals surface area contributed by atoms with Crippen LogP contribution in [0.1, 0.15) is 41.3 Å². The first kappa shape index (κ1) is 21.8. The predicted octanol–water partition coefficient (Wildman–Crippen LogP) is 4.90. The summed E-state index contributed by atoms with van der Waals surface area (Å²) in [6.45, 7) is 2.14. The van der Waals surface area contributed by atoms with Crippen LogP contribution in [0.25, 0.3) is 0 Å². The number of halogens is 4. The van der Waals surface area contributed by atoms with E-state index in [1.807, 2.05) is 24.3 Å². The van der Waals surface area contributed by atoms with Gasteiger partial charge in [0, 0.05) is 25.7 Å². The van der Waals surface area contributed by atoms with Crippen molar-refractivity contribution in [2.75, 3.05) is 18.4 Å². The maximum absolute atomic E-state index is 13.3. The second-order valence-electron chi connectivity index (χ2n) is 7.51. The van der Waals surface area contributed by atoms with Gasteiger partial charge >= 0.3 is 6.18 Å². The van der Waals surface area contributed by atoms with Gasteiger partial charge in [-0.1, -0.05) is 12.1 Å². The highest BCUT2D eigenvalue weighted by molar-refractivity contribution is 5.96. The Labute approximate surface area is 171 Å². The summed E-state index contributed by atoms with van der Waals surface area (Å²) in [5.41, 5.74) is 0.0444. The monoisotopic (exact) mass is 422 g/mol. The minimum absolute atomic E-state index is 0.144. The number of rotatable bonds is 4. The molecule has 1 aliphatic heterocycles. The van der Waals surface area contributed by atoms with E-state index in [2.05, 4.69) is 5.32 Å². The third kappa shape index (κ3) is 5.37. The van der Waals surface area contributed by atoms with Crippen LogP contribution in [0.2, 0.25) is 0 Å². The summed E-state index contributed by atoms with van der Waals surface area (Å²) >= 11 is 0. The molecule has 2 aromatic rings. The number of nitrogens with one attached hydrogen (secondary N) is 1. The molecule has 3 rings (SSSR count). The number of likely N-dealkylation sites (tertiary alicyclic amines) is 1. The number of carbonyl (C=O) groups is 2.